The maximum Gasteiger partial charge on any atom is 0.490 e. The highest BCUT2D eigenvalue weighted by Gasteiger charge is 2.50. The SMILES string of the molecule is Cc1nc(CN2CC3CN(Cc4cccnc4)CC3S2(=O)=O)cs1.O=C(O)C(F)(F)F.O=C(O)C(F)(F)F. The molecule has 2 aromatic heterocycles. The highest BCUT2D eigenvalue weighted by molar-refractivity contribution is 7.90. The molecule has 2 unspecified atom stereocenters. The Hall–Kier alpha value is -2.83. The molecule has 10 nitrogen and oxygen atoms in total. The molecule has 2 atom stereocenters. The van der Waals surface area contributed by atoms with Gasteiger partial charge < -0.3 is 10.2 Å². The summed E-state index contributed by atoms with van der Waals surface area (Å²) in [7, 11) is -3.24. The van der Waals surface area contributed by atoms with Crippen molar-refractivity contribution >= 4 is 33.3 Å². The maximum absolute atomic E-state index is 12.8. The van der Waals surface area contributed by atoms with Gasteiger partial charge in [0.2, 0.25) is 10.0 Å². The molecule has 4 rings (SSSR count). The number of sulfonamides is 1. The Morgan fingerprint density at radius 2 is 1.63 bits per heavy atom. The number of carboxylic acids is 2. The highest BCUT2D eigenvalue weighted by atomic mass is 32.2. The summed E-state index contributed by atoms with van der Waals surface area (Å²) in [5, 5.41) is 16.9. The van der Waals surface area contributed by atoms with E-state index in [4.69, 9.17) is 19.8 Å². The van der Waals surface area contributed by atoms with Gasteiger partial charge in [0.1, 0.15) is 0 Å². The second-order valence-corrected chi connectivity index (χ2v) is 11.4. The van der Waals surface area contributed by atoms with Crippen LogP contribution >= 0.6 is 11.3 Å². The predicted octanol–water partition coefficient (Wildman–Crippen LogP) is 2.76. The molecule has 0 bridgehead atoms. The Kier molecular flexibility index (Phi) is 10.2. The summed E-state index contributed by atoms with van der Waals surface area (Å²) < 4.78 is 90.8. The van der Waals surface area contributed by atoms with Gasteiger partial charge in [0.05, 0.1) is 22.5 Å². The number of aryl methyl sites for hydroxylation is 1. The monoisotopic (exact) mass is 592 g/mol. The molecule has 2 aliphatic heterocycles. The maximum atomic E-state index is 12.8. The second-order valence-electron chi connectivity index (χ2n) is 8.16. The Bertz CT molecular complexity index is 1180. The van der Waals surface area contributed by atoms with Gasteiger partial charge in [0, 0.05) is 49.9 Å². The van der Waals surface area contributed by atoms with E-state index in [1.165, 1.54) is 0 Å². The number of aliphatic carboxylic acids is 2. The molecule has 2 fully saturated rings. The topological polar surface area (TPSA) is 141 Å². The first-order chi connectivity index (χ1) is 17.4. The number of halogens is 6. The van der Waals surface area contributed by atoms with Crippen molar-refractivity contribution in [3.05, 3.63) is 46.2 Å². The number of hydrogen-bond acceptors (Lipinski definition) is 8. The second kappa shape index (κ2) is 12.4. The van der Waals surface area contributed by atoms with Gasteiger partial charge >= 0.3 is 24.3 Å². The Balaban J connectivity index is 0.000000301. The van der Waals surface area contributed by atoms with Crippen LogP contribution in [0.15, 0.2) is 29.9 Å². The van der Waals surface area contributed by atoms with Crippen LogP contribution in [-0.4, -0.2) is 87.0 Å². The van der Waals surface area contributed by atoms with E-state index in [1.54, 1.807) is 21.8 Å². The zero-order chi connectivity index (χ0) is 28.9. The van der Waals surface area contributed by atoms with Gasteiger partial charge in [-0.05, 0) is 18.6 Å². The normalized spacial score (nSPS) is 21.0. The van der Waals surface area contributed by atoms with Gasteiger partial charge in [-0.2, -0.15) is 30.6 Å². The van der Waals surface area contributed by atoms with E-state index in [0.717, 1.165) is 29.4 Å². The lowest BCUT2D eigenvalue weighted by molar-refractivity contribution is -0.193. The van der Waals surface area contributed by atoms with Crippen molar-refractivity contribution < 1.29 is 54.6 Å². The van der Waals surface area contributed by atoms with E-state index in [0.29, 0.717) is 19.6 Å². The number of aromatic nitrogens is 2. The smallest absolute Gasteiger partial charge is 0.475 e. The standard InChI is InChI=1S/C16H20N4O2S2.2C2HF3O2/c1-12-18-15(11-23-12)9-20-8-14-7-19(10-16(14)24(20,21)22)6-13-3-2-4-17-5-13;2*3-2(4,5)1(6)7/h2-5,11,14,16H,6-10H2,1H3;2*(H,6,7). The third-order valence-electron chi connectivity index (χ3n) is 5.26. The molecule has 0 spiro atoms. The van der Waals surface area contributed by atoms with Gasteiger partial charge in [0.15, 0.2) is 0 Å². The first-order valence-electron chi connectivity index (χ1n) is 10.5. The van der Waals surface area contributed by atoms with Crippen molar-refractivity contribution in [2.24, 2.45) is 5.92 Å². The summed E-state index contributed by atoms with van der Waals surface area (Å²) in [6.45, 7) is 5.15. The molecule has 18 heteroatoms. The average molecular weight is 593 g/mol. The average Bonchev–Trinajstić information content (AvgIpc) is 3.44. The van der Waals surface area contributed by atoms with Gasteiger partial charge in [-0.25, -0.2) is 23.0 Å². The van der Waals surface area contributed by atoms with E-state index < -0.39 is 34.3 Å². The molecule has 0 aromatic carbocycles. The zero-order valence-corrected chi connectivity index (χ0v) is 21.1. The number of rotatable bonds is 4. The first-order valence-corrected chi connectivity index (χ1v) is 12.9. The third-order valence-corrected chi connectivity index (χ3v) is 8.38. The van der Waals surface area contributed by atoms with Crippen LogP contribution in [0.3, 0.4) is 0 Å². The molecule has 4 heterocycles. The van der Waals surface area contributed by atoms with Gasteiger partial charge in [0.25, 0.3) is 0 Å². The van der Waals surface area contributed by atoms with Crippen LogP contribution in [0, 0.1) is 12.8 Å². The van der Waals surface area contributed by atoms with Crippen LogP contribution in [0.1, 0.15) is 16.3 Å². The lowest BCUT2D eigenvalue weighted by atomic mass is 10.1. The number of nitrogens with zero attached hydrogens (tertiary/aromatic N) is 4. The zero-order valence-electron chi connectivity index (χ0n) is 19.5. The summed E-state index contributed by atoms with van der Waals surface area (Å²) in [5.41, 5.74) is 1.98. The fourth-order valence-electron chi connectivity index (χ4n) is 3.69. The number of hydrogen-bond donors (Lipinski definition) is 2. The minimum atomic E-state index is -5.08. The molecule has 2 N–H and O–H groups in total. The molecule has 2 aromatic rings. The van der Waals surface area contributed by atoms with Crippen molar-refractivity contribution in [3.63, 3.8) is 0 Å². The predicted molar refractivity (Wildman–Crippen MR) is 120 cm³/mol. The molecule has 0 amide bonds. The minimum absolute atomic E-state index is 0.186. The van der Waals surface area contributed by atoms with Crippen molar-refractivity contribution in [2.45, 2.75) is 37.6 Å². The highest BCUT2D eigenvalue weighted by Crippen LogP contribution is 2.35. The Morgan fingerprint density at radius 3 is 2.05 bits per heavy atom. The Labute approximate surface area is 216 Å². The summed E-state index contributed by atoms with van der Waals surface area (Å²) in [4.78, 5) is 28.6. The van der Waals surface area contributed by atoms with E-state index in [2.05, 4.69) is 14.9 Å². The van der Waals surface area contributed by atoms with Crippen LogP contribution in [0.25, 0.3) is 0 Å². The molecular formula is C20H22F6N4O6S2. The number of carbonyl (C=O) groups is 2. The number of thiazole rings is 1. The largest absolute Gasteiger partial charge is 0.490 e. The molecule has 0 radical (unpaired) electrons. The van der Waals surface area contributed by atoms with E-state index >= 15 is 0 Å². The number of alkyl halides is 6. The molecule has 38 heavy (non-hydrogen) atoms. The fourth-order valence-corrected chi connectivity index (χ4v) is 6.45. The summed E-state index contributed by atoms with van der Waals surface area (Å²) in [6.07, 6.45) is -6.57. The van der Waals surface area contributed by atoms with E-state index in [9.17, 15) is 34.8 Å². The summed E-state index contributed by atoms with van der Waals surface area (Å²) in [6, 6.07) is 3.95. The number of carboxylic acid groups (broad SMARTS) is 2. The minimum Gasteiger partial charge on any atom is -0.475 e. The van der Waals surface area contributed by atoms with Crippen LogP contribution in [-0.2, 0) is 32.7 Å². The van der Waals surface area contributed by atoms with Crippen LogP contribution in [0.2, 0.25) is 0 Å². The van der Waals surface area contributed by atoms with Gasteiger partial charge in [-0.15, -0.1) is 11.3 Å². The molecule has 2 saturated heterocycles. The van der Waals surface area contributed by atoms with Crippen LogP contribution in [0.5, 0.6) is 0 Å². The van der Waals surface area contributed by atoms with Gasteiger partial charge in [-0.1, -0.05) is 6.07 Å². The molecule has 212 valence electrons. The third kappa shape index (κ3) is 8.88. The van der Waals surface area contributed by atoms with Crippen LogP contribution in [0.4, 0.5) is 26.3 Å². The molecule has 0 aliphatic carbocycles. The van der Waals surface area contributed by atoms with Crippen LogP contribution < -0.4 is 0 Å². The number of fused-ring (bicyclic) bond motifs is 1. The Morgan fingerprint density at radius 1 is 1.05 bits per heavy atom. The molecule has 0 saturated carbocycles. The van der Waals surface area contributed by atoms with Crippen molar-refractivity contribution in [1.82, 2.24) is 19.2 Å². The van der Waals surface area contributed by atoms with Crippen molar-refractivity contribution in [3.8, 4) is 0 Å². The van der Waals surface area contributed by atoms with Crippen molar-refractivity contribution in [2.75, 3.05) is 19.6 Å². The van der Waals surface area contributed by atoms with E-state index in [-0.39, 0.29) is 11.2 Å². The number of likely N-dealkylation sites (tertiary alicyclic amines) is 1. The quantitative estimate of drug-likeness (QED) is 0.513. The molecular weight excluding hydrogens is 570 g/mol. The summed E-state index contributed by atoms with van der Waals surface area (Å²) in [5.74, 6) is -5.33. The van der Waals surface area contributed by atoms with Gasteiger partial charge in [-0.3, -0.25) is 9.88 Å². The number of pyridine rings is 1. The summed E-state index contributed by atoms with van der Waals surface area (Å²) >= 11 is 1.56. The lowest BCUT2D eigenvalue weighted by Crippen LogP contribution is -2.34. The lowest BCUT2D eigenvalue weighted by Gasteiger charge is -2.20. The fraction of sp³-hybridized carbons (Fsp3) is 0.500. The molecule has 2 aliphatic rings. The van der Waals surface area contributed by atoms with E-state index in [1.807, 2.05) is 30.6 Å². The van der Waals surface area contributed by atoms with Crippen molar-refractivity contribution in [1.29, 1.82) is 0 Å². The first kappa shape index (κ1) is 31.4.